The molecule has 0 atom stereocenters. The van der Waals surface area contributed by atoms with E-state index in [1.165, 1.54) is 15.6 Å². The highest BCUT2D eigenvalue weighted by atomic mass is 32.2. The molecule has 0 bridgehead atoms. The number of sulfonamides is 1. The summed E-state index contributed by atoms with van der Waals surface area (Å²) in [7, 11) is -3.51. The number of aliphatic hydroxyl groups excluding tert-OH is 1. The fourth-order valence-corrected chi connectivity index (χ4v) is 4.77. The number of hydrogen-bond acceptors (Lipinski definition) is 5. The molecule has 18 heavy (non-hydrogen) atoms. The van der Waals surface area contributed by atoms with Crippen molar-refractivity contribution in [2.24, 2.45) is 5.73 Å². The van der Waals surface area contributed by atoms with Gasteiger partial charge in [0.2, 0.25) is 0 Å². The van der Waals surface area contributed by atoms with Crippen molar-refractivity contribution in [3.8, 4) is 0 Å². The maximum Gasteiger partial charge on any atom is 0.252 e. The van der Waals surface area contributed by atoms with Crippen molar-refractivity contribution in [3.05, 3.63) is 17.0 Å². The largest absolute Gasteiger partial charge is 0.395 e. The molecule has 0 aliphatic rings. The van der Waals surface area contributed by atoms with Crippen molar-refractivity contribution in [2.45, 2.75) is 30.5 Å². The van der Waals surface area contributed by atoms with Crippen LogP contribution in [0.2, 0.25) is 0 Å². The third-order valence-corrected chi connectivity index (χ3v) is 6.17. The zero-order valence-electron chi connectivity index (χ0n) is 10.7. The molecule has 0 spiro atoms. The van der Waals surface area contributed by atoms with Crippen LogP contribution in [0, 0.1) is 0 Å². The van der Waals surface area contributed by atoms with Gasteiger partial charge in [-0.2, -0.15) is 4.31 Å². The second-order valence-electron chi connectivity index (χ2n) is 4.19. The molecule has 5 nitrogen and oxygen atoms in total. The molecule has 7 heteroatoms. The van der Waals surface area contributed by atoms with Gasteiger partial charge < -0.3 is 10.8 Å². The highest BCUT2D eigenvalue weighted by molar-refractivity contribution is 7.91. The summed E-state index contributed by atoms with van der Waals surface area (Å²) in [5.74, 6) is 0. The van der Waals surface area contributed by atoms with Gasteiger partial charge in [-0.15, -0.1) is 11.3 Å². The molecular weight excluding hydrogens is 272 g/mol. The number of nitrogens with two attached hydrogens (primary N) is 1. The minimum Gasteiger partial charge on any atom is -0.395 e. The Morgan fingerprint density at radius 2 is 2.11 bits per heavy atom. The Balaban J connectivity index is 3.02. The quantitative estimate of drug-likeness (QED) is 0.772. The van der Waals surface area contributed by atoms with Crippen molar-refractivity contribution in [1.82, 2.24) is 4.31 Å². The number of aliphatic hydroxyl groups is 1. The fraction of sp³-hybridized carbons (Fsp3) is 0.636. The van der Waals surface area contributed by atoms with Crippen LogP contribution < -0.4 is 5.73 Å². The van der Waals surface area contributed by atoms with E-state index in [2.05, 4.69) is 0 Å². The topological polar surface area (TPSA) is 83.6 Å². The molecule has 0 amide bonds. The van der Waals surface area contributed by atoms with Crippen LogP contribution in [0.15, 0.2) is 16.3 Å². The van der Waals surface area contributed by atoms with E-state index < -0.39 is 10.0 Å². The van der Waals surface area contributed by atoms with E-state index in [1.807, 2.05) is 0 Å². The van der Waals surface area contributed by atoms with Crippen LogP contribution >= 0.6 is 11.3 Å². The van der Waals surface area contributed by atoms with Crippen molar-refractivity contribution < 1.29 is 13.5 Å². The molecule has 0 aliphatic carbocycles. The number of hydrogen-bond donors (Lipinski definition) is 2. The smallest absolute Gasteiger partial charge is 0.252 e. The Hall–Kier alpha value is -0.470. The lowest BCUT2D eigenvalue weighted by atomic mass is 10.3. The number of nitrogens with zero attached hydrogens (tertiary/aromatic N) is 1. The maximum atomic E-state index is 12.4. The van der Waals surface area contributed by atoms with Crippen LogP contribution in [0.1, 0.15) is 18.7 Å². The van der Waals surface area contributed by atoms with Gasteiger partial charge in [-0.1, -0.05) is 0 Å². The van der Waals surface area contributed by atoms with Crippen molar-refractivity contribution in [1.29, 1.82) is 0 Å². The summed E-state index contributed by atoms with van der Waals surface area (Å²) in [6.45, 7) is 4.02. The lowest BCUT2D eigenvalue weighted by molar-refractivity contribution is 0.237. The fourth-order valence-electron chi connectivity index (χ4n) is 1.64. The van der Waals surface area contributed by atoms with Crippen molar-refractivity contribution in [3.63, 3.8) is 0 Å². The van der Waals surface area contributed by atoms with Crippen LogP contribution in [0.25, 0.3) is 0 Å². The second kappa shape index (κ2) is 6.63. The maximum absolute atomic E-state index is 12.4. The summed E-state index contributed by atoms with van der Waals surface area (Å²) in [4.78, 5) is 0.962. The Morgan fingerprint density at radius 1 is 1.44 bits per heavy atom. The van der Waals surface area contributed by atoms with Crippen molar-refractivity contribution >= 4 is 21.4 Å². The van der Waals surface area contributed by atoms with Gasteiger partial charge in [0.15, 0.2) is 0 Å². The van der Waals surface area contributed by atoms with Crippen LogP contribution in [0.3, 0.4) is 0 Å². The molecule has 1 rings (SSSR count). The summed E-state index contributed by atoms with van der Waals surface area (Å²) >= 11 is 1.24. The van der Waals surface area contributed by atoms with E-state index in [1.54, 1.807) is 26.0 Å². The molecule has 0 aromatic carbocycles. The molecule has 104 valence electrons. The predicted octanol–water partition coefficient (Wildman–Crippen LogP) is 0.641. The highest BCUT2D eigenvalue weighted by Crippen LogP contribution is 2.26. The van der Waals surface area contributed by atoms with Crippen molar-refractivity contribution in [2.75, 3.05) is 19.7 Å². The molecule has 0 saturated carbocycles. The van der Waals surface area contributed by atoms with E-state index >= 15 is 0 Å². The standard InChI is InChI=1S/C11H20N2O3S2/c1-9(2)13(7-8-14)18(15,16)11-4-3-10(17-11)5-6-12/h3-4,9,14H,5-8,12H2,1-2H3. The molecule has 0 aliphatic heterocycles. The molecule has 1 heterocycles. The summed E-state index contributed by atoms with van der Waals surface area (Å²) in [5, 5.41) is 8.97. The van der Waals surface area contributed by atoms with Gasteiger partial charge >= 0.3 is 0 Å². The summed E-state index contributed by atoms with van der Waals surface area (Å²) in [6, 6.07) is 3.22. The van der Waals surface area contributed by atoms with Gasteiger partial charge in [-0.25, -0.2) is 8.42 Å². The molecule has 0 radical (unpaired) electrons. The first-order chi connectivity index (χ1) is 8.43. The van der Waals surface area contributed by atoms with E-state index in [9.17, 15) is 8.42 Å². The molecule has 0 saturated heterocycles. The molecule has 0 fully saturated rings. The average Bonchev–Trinajstić information content (AvgIpc) is 2.75. The zero-order chi connectivity index (χ0) is 13.8. The van der Waals surface area contributed by atoms with Gasteiger partial charge in [0.1, 0.15) is 4.21 Å². The minimum absolute atomic E-state index is 0.115. The van der Waals surface area contributed by atoms with Gasteiger partial charge in [0.25, 0.3) is 10.0 Å². The second-order valence-corrected chi connectivity index (χ2v) is 7.48. The minimum atomic E-state index is -3.51. The zero-order valence-corrected chi connectivity index (χ0v) is 12.3. The molecule has 3 N–H and O–H groups in total. The monoisotopic (exact) mass is 292 g/mol. The summed E-state index contributed by atoms with van der Waals surface area (Å²) in [5.41, 5.74) is 5.45. The molecular formula is C11H20N2O3S2. The van der Waals surface area contributed by atoms with Crippen LogP contribution in [0.5, 0.6) is 0 Å². The lowest BCUT2D eigenvalue weighted by Gasteiger charge is -2.24. The first kappa shape index (κ1) is 15.6. The van der Waals surface area contributed by atoms with Crippen LogP contribution in [0.4, 0.5) is 0 Å². The van der Waals surface area contributed by atoms with E-state index in [0.29, 0.717) is 17.2 Å². The third kappa shape index (κ3) is 3.52. The van der Waals surface area contributed by atoms with Gasteiger partial charge in [0.05, 0.1) is 6.61 Å². The normalized spacial score (nSPS) is 12.6. The van der Waals surface area contributed by atoms with E-state index in [0.717, 1.165) is 4.88 Å². The Labute approximate surface area is 112 Å². The van der Waals surface area contributed by atoms with Crippen LogP contribution in [-0.2, 0) is 16.4 Å². The lowest BCUT2D eigenvalue weighted by Crippen LogP contribution is -2.38. The molecule has 1 aromatic rings. The van der Waals surface area contributed by atoms with Crippen LogP contribution in [-0.4, -0.2) is 43.6 Å². The van der Waals surface area contributed by atoms with Gasteiger partial charge in [-0.3, -0.25) is 0 Å². The first-order valence-electron chi connectivity index (χ1n) is 5.85. The Morgan fingerprint density at radius 3 is 2.61 bits per heavy atom. The Bertz CT molecular complexity index is 468. The third-order valence-electron chi connectivity index (χ3n) is 2.49. The van der Waals surface area contributed by atoms with E-state index in [-0.39, 0.29) is 19.2 Å². The predicted molar refractivity (Wildman–Crippen MR) is 73.2 cm³/mol. The Kier molecular flexibility index (Phi) is 5.74. The number of rotatable bonds is 7. The molecule has 0 unspecified atom stereocenters. The summed E-state index contributed by atoms with van der Waals surface area (Å²) < 4.78 is 26.4. The van der Waals surface area contributed by atoms with E-state index in [4.69, 9.17) is 10.8 Å². The first-order valence-corrected chi connectivity index (χ1v) is 8.10. The molecule has 1 aromatic heterocycles. The summed E-state index contributed by atoms with van der Waals surface area (Å²) in [6.07, 6.45) is 0.682. The average molecular weight is 292 g/mol. The van der Waals surface area contributed by atoms with Gasteiger partial charge in [0, 0.05) is 17.5 Å². The van der Waals surface area contributed by atoms with Gasteiger partial charge in [-0.05, 0) is 38.9 Å². The SMILES string of the molecule is CC(C)N(CCO)S(=O)(=O)c1ccc(CCN)s1. The number of thiophene rings is 1. The highest BCUT2D eigenvalue weighted by Gasteiger charge is 2.27.